The molecule has 1 aliphatic carbocycles. The highest BCUT2D eigenvalue weighted by Gasteiger charge is 2.24. The maximum absolute atomic E-state index is 5.95. The molecule has 3 rings (SSSR count). The van der Waals surface area contributed by atoms with E-state index in [1.165, 1.54) is 25.7 Å². The fourth-order valence-corrected chi connectivity index (χ4v) is 3.61. The molecule has 0 radical (unpaired) electrons. The number of rotatable bonds is 4. The van der Waals surface area contributed by atoms with Crippen LogP contribution in [-0.2, 0) is 0 Å². The van der Waals surface area contributed by atoms with E-state index < -0.39 is 0 Å². The van der Waals surface area contributed by atoms with Crippen molar-refractivity contribution in [2.24, 2.45) is 17.6 Å². The minimum Gasteiger partial charge on any atom is -0.477 e. The molecule has 0 amide bonds. The molecule has 5 heteroatoms. The summed E-state index contributed by atoms with van der Waals surface area (Å²) in [5.74, 6) is 1.89. The first-order valence-corrected chi connectivity index (χ1v) is 7.77. The van der Waals surface area contributed by atoms with E-state index in [9.17, 15) is 0 Å². The normalized spacial score (nSPS) is 23.6. The van der Waals surface area contributed by atoms with Crippen LogP contribution in [-0.4, -0.2) is 23.1 Å². The molecular formula is C14H19N3OS. The van der Waals surface area contributed by atoms with Crippen molar-refractivity contribution in [3.63, 3.8) is 0 Å². The molecule has 19 heavy (non-hydrogen) atoms. The van der Waals surface area contributed by atoms with Gasteiger partial charge >= 0.3 is 0 Å². The molecule has 1 aliphatic rings. The second-order valence-electron chi connectivity index (χ2n) is 5.17. The Balaban J connectivity index is 1.69. The largest absolute Gasteiger partial charge is 0.477 e. The lowest BCUT2D eigenvalue weighted by Gasteiger charge is -2.30. The van der Waals surface area contributed by atoms with Crippen molar-refractivity contribution in [2.75, 3.05) is 13.2 Å². The zero-order valence-corrected chi connectivity index (χ0v) is 11.7. The summed E-state index contributed by atoms with van der Waals surface area (Å²) in [7, 11) is 0. The van der Waals surface area contributed by atoms with Gasteiger partial charge in [0.1, 0.15) is 11.2 Å². The number of nitrogens with two attached hydrogens (primary N) is 1. The van der Waals surface area contributed by atoms with Crippen LogP contribution in [0.25, 0.3) is 10.2 Å². The number of nitrogens with zero attached hydrogens (tertiary/aromatic N) is 2. The lowest BCUT2D eigenvalue weighted by molar-refractivity contribution is 0.151. The van der Waals surface area contributed by atoms with Crippen LogP contribution in [0.5, 0.6) is 5.88 Å². The molecule has 2 heterocycles. The van der Waals surface area contributed by atoms with Gasteiger partial charge in [0, 0.05) is 0 Å². The van der Waals surface area contributed by atoms with Gasteiger partial charge in [-0.3, -0.25) is 0 Å². The topological polar surface area (TPSA) is 61.0 Å². The zero-order chi connectivity index (χ0) is 13.1. The van der Waals surface area contributed by atoms with Crippen LogP contribution in [0.2, 0.25) is 0 Å². The minimum atomic E-state index is 0.572. The number of hydrogen-bond donors (Lipinski definition) is 1. The second-order valence-corrected chi connectivity index (χ2v) is 6.06. The smallest absolute Gasteiger partial charge is 0.225 e. The number of ether oxygens (including phenoxy) is 1. The molecule has 0 aromatic carbocycles. The Morgan fingerprint density at radius 1 is 1.26 bits per heavy atom. The fraction of sp³-hybridized carbons (Fsp3) is 0.571. The predicted molar refractivity (Wildman–Crippen MR) is 77.4 cm³/mol. The number of thiophene rings is 1. The summed E-state index contributed by atoms with van der Waals surface area (Å²) in [6.45, 7) is 1.50. The summed E-state index contributed by atoms with van der Waals surface area (Å²) < 4.78 is 5.95. The van der Waals surface area contributed by atoms with Crippen molar-refractivity contribution in [3.8, 4) is 5.88 Å². The van der Waals surface area contributed by atoms with E-state index in [1.807, 2.05) is 11.4 Å². The number of hydrogen-bond acceptors (Lipinski definition) is 5. The molecule has 1 saturated carbocycles. The molecule has 0 aliphatic heterocycles. The Labute approximate surface area is 117 Å². The van der Waals surface area contributed by atoms with Crippen LogP contribution in [0.15, 0.2) is 17.8 Å². The highest BCUT2D eigenvalue weighted by molar-refractivity contribution is 7.16. The third-order valence-corrected chi connectivity index (χ3v) is 4.85. The van der Waals surface area contributed by atoms with Crippen molar-refractivity contribution in [3.05, 3.63) is 17.8 Å². The molecule has 0 saturated heterocycles. The maximum atomic E-state index is 5.95. The van der Waals surface area contributed by atoms with Gasteiger partial charge in [0.05, 0.1) is 12.0 Å². The molecule has 2 atom stereocenters. The highest BCUT2D eigenvalue weighted by Crippen LogP contribution is 2.31. The van der Waals surface area contributed by atoms with E-state index in [4.69, 9.17) is 10.5 Å². The van der Waals surface area contributed by atoms with Gasteiger partial charge < -0.3 is 10.5 Å². The summed E-state index contributed by atoms with van der Waals surface area (Å²) in [6, 6.07) is 2.02. The monoisotopic (exact) mass is 277 g/mol. The fourth-order valence-electron chi connectivity index (χ4n) is 2.88. The van der Waals surface area contributed by atoms with Gasteiger partial charge in [0.25, 0.3) is 0 Å². The Morgan fingerprint density at radius 3 is 2.95 bits per heavy atom. The molecule has 0 bridgehead atoms. The molecule has 102 valence electrons. The zero-order valence-electron chi connectivity index (χ0n) is 10.9. The van der Waals surface area contributed by atoms with Crippen molar-refractivity contribution in [2.45, 2.75) is 25.7 Å². The minimum absolute atomic E-state index is 0.572. The van der Waals surface area contributed by atoms with Gasteiger partial charge in [-0.25, -0.2) is 9.97 Å². The van der Waals surface area contributed by atoms with E-state index in [1.54, 1.807) is 17.7 Å². The quantitative estimate of drug-likeness (QED) is 0.933. The third-order valence-electron chi connectivity index (χ3n) is 4.03. The number of fused-ring (bicyclic) bond motifs is 1. The van der Waals surface area contributed by atoms with Gasteiger partial charge in [-0.2, -0.15) is 0 Å². The molecule has 2 N–H and O–H groups in total. The Morgan fingerprint density at radius 2 is 2.11 bits per heavy atom. The molecule has 2 unspecified atom stereocenters. The summed E-state index contributed by atoms with van der Waals surface area (Å²) in [4.78, 5) is 9.48. The van der Waals surface area contributed by atoms with Gasteiger partial charge in [0.15, 0.2) is 0 Å². The summed E-state index contributed by atoms with van der Waals surface area (Å²) >= 11 is 1.62. The summed E-state index contributed by atoms with van der Waals surface area (Å²) in [6.07, 6.45) is 6.64. The molecule has 1 fully saturated rings. The maximum Gasteiger partial charge on any atom is 0.225 e. The van der Waals surface area contributed by atoms with Crippen LogP contribution >= 0.6 is 11.3 Å². The number of aromatic nitrogens is 2. The van der Waals surface area contributed by atoms with Crippen molar-refractivity contribution >= 4 is 21.6 Å². The first kappa shape index (κ1) is 12.8. The standard InChI is InChI=1S/C14H19N3OS/c15-7-10-3-1-2-4-11(10)8-18-13-12-5-6-19-14(12)17-9-16-13/h5-6,9-11H,1-4,7-8,15H2. The lowest BCUT2D eigenvalue weighted by Crippen LogP contribution is -2.30. The second kappa shape index (κ2) is 5.84. The molecular weight excluding hydrogens is 258 g/mol. The van der Waals surface area contributed by atoms with Gasteiger partial charge in [-0.05, 0) is 42.7 Å². The van der Waals surface area contributed by atoms with Gasteiger partial charge in [-0.15, -0.1) is 11.3 Å². The van der Waals surface area contributed by atoms with E-state index in [-0.39, 0.29) is 0 Å². The SMILES string of the molecule is NCC1CCCCC1COc1ncnc2sccc12. The molecule has 0 spiro atoms. The van der Waals surface area contributed by atoms with Crippen LogP contribution in [0.4, 0.5) is 0 Å². The van der Waals surface area contributed by atoms with Crippen LogP contribution in [0.3, 0.4) is 0 Å². The van der Waals surface area contributed by atoms with E-state index in [2.05, 4.69) is 9.97 Å². The van der Waals surface area contributed by atoms with Crippen molar-refractivity contribution in [1.82, 2.24) is 9.97 Å². The lowest BCUT2D eigenvalue weighted by atomic mass is 9.80. The molecule has 2 aromatic rings. The van der Waals surface area contributed by atoms with E-state index in [0.717, 1.165) is 23.4 Å². The van der Waals surface area contributed by atoms with Crippen LogP contribution in [0.1, 0.15) is 25.7 Å². The van der Waals surface area contributed by atoms with Gasteiger partial charge in [-0.1, -0.05) is 12.8 Å². The molecule has 4 nitrogen and oxygen atoms in total. The Hall–Kier alpha value is -1.20. The first-order chi connectivity index (χ1) is 9.38. The van der Waals surface area contributed by atoms with E-state index >= 15 is 0 Å². The average molecular weight is 277 g/mol. The Bertz CT molecular complexity index is 542. The summed E-state index contributed by atoms with van der Waals surface area (Å²) in [5, 5.41) is 3.04. The highest BCUT2D eigenvalue weighted by atomic mass is 32.1. The van der Waals surface area contributed by atoms with Crippen LogP contribution < -0.4 is 10.5 Å². The van der Waals surface area contributed by atoms with Crippen molar-refractivity contribution < 1.29 is 4.74 Å². The first-order valence-electron chi connectivity index (χ1n) is 6.89. The van der Waals surface area contributed by atoms with Crippen molar-refractivity contribution in [1.29, 1.82) is 0 Å². The molecule has 2 aromatic heterocycles. The van der Waals surface area contributed by atoms with Crippen LogP contribution in [0, 0.1) is 11.8 Å². The van der Waals surface area contributed by atoms with Gasteiger partial charge in [0.2, 0.25) is 5.88 Å². The van der Waals surface area contributed by atoms with E-state index in [0.29, 0.717) is 17.7 Å². The third kappa shape index (κ3) is 2.72. The predicted octanol–water partition coefficient (Wildman–Crippen LogP) is 2.84. The Kier molecular flexibility index (Phi) is 3.94. The summed E-state index contributed by atoms with van der Waals surface area (Å²) in [5.41, 5.74) is 5.86. The average Bonchev–Trinajstić information content (AvgIpc) is 2.94.